The molecule has 1 saturated heterocycles. The van der Waals surface area contributed by atoms with Crippen molar-refractivity contribution in [2.45, 2.75) is 26.7 Å². The molecule has 0 bridgehead atoms. The highest BCUT2D eigenvalue weighted by Crippen LogP contribution is 2.38. The zero-order valence-corrected chi connectivity index (χ0v) is 16.0. The standard InChI is InChI=1S/C16H22BrN5O2/c1-16(2,15(23)24-4)10-6-5-7-22(8-10)14-11-12(17)20-21(3)13(11)18-9-19-14/h9-10H,5-8H2,1-4H3. The number of esters is 1. The molecule has 1 fully saturated rings. The number of ether oxygens (including phenoxy) is 1. The summed E-state index contributed by atoms with van der Waals surface area (Å²) in [5.41, 5.74) is 0.271. The Labute approximate surface area is 149 Å². The quantitative estimate of drug-likeness (QED) is 0.743. The summed E-state index contributed by atoms with van der Waals surface area (Å²) in [6.07, 6.45) is 3.58. The normalized spacial score (nSPS) is 18.9. The summed E-state index contributed by atoms with van der Waals surface area (Å²) >= 11 is 3.51. The zero-order valence-electron chi connectivity index (χ0n) is 14.4. The lowest BCUT2D eigenvalue weighted by Crippen LogP contribution is -2.45. The number of aryl methyl sites for hydroxylation is 1. The molecule has 2 aromatic heterocycles. The predicted octanol–water partition coefficient (Wildman–Crippen LogP) is 2.54. The van der Waals surface area contributed by atoms with Crippen molar-refractivity contribution in [1.82, 2.24) is 19.7 Å². The van der Waals surface area contributed by atoms with Gasteiger partial charge in [0.2, 0.25) is 0 Å². The summed E-state index contributed by atoms with van der Waals surface area (Å²) in [4.78, 5) is 23.2. The van der Waals surface area contributed by atoms with Gasteiger partial charge in [-0.15, -0.1) is 0 Å². The van der Waals surface area contributed by atoms with Crippen LogP contribution >= 0.6 is 15.9 Å². The number of carbonyl (C=O) groups excluding carboxylic acids is 1. The maximum absolute atomic E-state index is 12.2. The van der Waals surface area contributed by atoms with Crippen molar-refractivity contribution in [3.8, 4) is 0 Å². The fraction of sp³-hybridized carbons (Fsp3) is 0.625. The first kappa shape index (κ1) is 17.1. The second-order valence-electron chi connectivity index (χ2n) is 6.81. The Hall–Kier alpha value is -1.70. The van der Waals surface area contributed by atoms with Gasteiger partial charge in [0.1, 0.15) is 16.7 Å². The van der Waals surface area contributed by atoms with Crippen LogP contribution in [0.4, 0.5) is 5.82 Å². The molecule has 0 amide bonds. The number of hydrogen-bond acceptors (Lipinski definition) is 6. The molecule has 3 heterocycles. The minimum absolute atomic E-state index is 0.162. The SMILES string of the molecule is COC(=O)C(C)(C)C1CCCN(c2ncnc3c2c(Br)nn3C)C1. The number of hydrogen-bond donors (Lipinski definition) is 0. The molecule has 0 N–H and O–H groups in total. The largest absolute Gasteiger partial charge is 0.469 e. The average Bonchev–Trinajstić information content (AvgIpc) is 2.88. The van der Waals surface area contributed by atoms with Crippen LogP contribution in [0.25, 0.3) is 11.0 Å². The van der Waals surface area contributed by atoms with E-state index >= 15 is 0 Å². The number of fused-ring (bicyclic) bond motifs is 1. The third kappa shape index (κ3) is 2.76. The highest BCUT2D eigenvalue weighted by molar-refractivity contribution is 9.10. The number of rotatable bonds is 3. The number of carbonyl (C=O) groups is 1. The van der Waals surface area contributed by atoms with Crippen molar-refractivity contribution in [2.75, 3.05) is 25.1 Å². The van der Waals surface area contributed by atoms with Crippen LogP contribution in [-0.2, 0) is 16.6 Å². The number of piperidine rings is 1. The topological polar surface area (TPSA) is 73.1 Å². The van der Waals surface area contributed by atoms with Gasteiger partial charge in [-0.25, -0.2) is 14.6 Å². The summed E-state index contributed by atoms with van der Waals surface area (Å²) in [6, 6.07) is 0. The van der Waals surface area contributed by atoms with E-state index in [0.717, 1.165) is 47.4 Å². The molecule has 7 nitrogen and oxygen atoms in total. The fourth-order valence-corrected chi connectivity index (χ4v) is 4.05. The Morgan fingerprint density at radius 3 is 2.88 bits per heavy atom. The third-order valence-electron chi connectivity index (χ3n) is 5.01. The van der Waals surface area contributed by atoms with Crippen molar-refractivity contribution >= 4 is 38.8 Å². The Balaban J connectivity index is 1.95. The molecule has 8 heteroatoms. The van der Waals surface area contributed by atoms with Gasteiger partial charge < -0.3 is 9.64 Å². The molecule has 1 unspecified atom stereocenters. The van der Waals surface area contributed by atoms with Gasteiger partial charge in [-0.3, -0.25) is 4.79 Å². The lowest BCUT2D eigenvalue weighted by atomic mass is 9.74. The van der Waals surface area contributed by atoms with E-state index in [2.05, 4.69) is 35.9 Å². The van der Waals surface area contributed by atoms with Gasteiger partial charge in [-0.1, -0.05) is 0 Å². The Morgan fingerprint density at radius 2 is 2.17 bits per heavy atom. The molecule has 24 heavy (non-hydrogen) atoms. The molecule has 0 aromatic carbocycles. The van der Waals surface area contributed by atoms with Crippen LogP contribution < -0.4 is 4.90 Å². The molecule has 0 radical (unpaired) electrons. The van der Waals surface area contributed by atoms with Crippen LogP contribution in [-0.4, -0.2) is 45.9 Å². The van der Waals surface area contributed by atoms with E-state index in [4.69, 9.17) is 4.74 Å². The van der Waals surface area contributed by atoms with Crippen LogP contribution in [0.3, 0.4) is 0 Å². The number of methoxy groups -OCH3 is 1. The van der Waals surface area contributed by atoms with Crippen molar-refractivity contribution in [2.24, 2.45) is 18.4 Å². The Morgan fingerprint density at radius 1 is 1.42 bits per heavy atom. The maximum Gasteiger partial charge on any atom is 0.311 e. The van der Waals surface area contributed by atoms with Crippen LogP contribution in [0.5, 0.6) is 0 Å². The molecule has 1 aliphatic rings. The second kappa shape index (κ2) is 6.31. The minimum Gasteiger partial charge on any atom is -0.469 e. The van der Waals surface area contributed by atoms with Crippen molar-refractivity contribution in [1.29, 1.82) is 0 Å². The van der Waals surface area contributed by atoms with Crippen molar-refractivity contribution in [3.05, 3.63) is 10.9 Å². The molecule has 0 spiro atoms. The molecule has 2 aromatic rings. The van der Waals surface area contributed by atoms with Crippen LogP contribution in [0.1, 0.15) is 26.7 Å². The number of aromatic nitrogens is 4. The average molecular weight is 396 g/mol. The molecule has 3 rings (SSSR count). The molecule has 1 aliphatic heterocycles. The maximum atomic E-state index is 12.2. The molecular formula is C16H22BrN5O2. The van der Waals surface area contributed by atoms with E-state index in [0.29, 0.717) is 0 Å². The molecule has 130 valence electrons. The highest BCUT2D eigenvalue weighted by atomic mass is 79.9. The minimum atomic E-state index is -0.522. The van der Waals surface area contributed by atoms with E-state index < -0.39 is 5.41 Å². The molecule has 1 atom stereocenters. The second-order valence-corrected chi connectivity index (χ2v) is 7.56. The predicted molar refractivity (Wildman–Crippen MR) is 94.7 cm³/mol. The van der Waals surface area contributed by atoms with Gasteiger partial charge in [0.25, 0.3) is 0 Å². The van der Waals surface area contributed by atoms with Gasteiger partial charge in [-0.2, -0.15) is 5.10 Å². The third-order valence-corrected chi connectivity index (χ3v) is 5.57. The lowest BCUT2D eigenvalue weighted by molar-refractivity contribution is -0.154. The van der Waals surface area contributed by atoms with Gasteiger partial charge in [-0.05, 0) is 48.5 Å². The van der Waals surface area contributed by atoms with Crippen LogP contribution in [0.15, 0.2) is 10.9 Å². The van der Waals surface area contributed by atoms with Gasteiger partial charge >= 0.3 is 5.97 Å². The van der Waals surface area contributed by atoms with Gasteiger partial charge in [0, 0.05) is 20.1 Å². The van der Waals surface area contributed by atoms with Crippen molar-refractivity contribution in [3.63, 3.8) is 0 Å². The summed E-state index contributed by atoms with van der Waals surface area (Å²) in [6.45, 7) is 5.59. The first-order chi connectivity index (χ1) is 11.4. The van der Waals surface area contributed by atoms with E-state index in [9.17, 15) is 4.79 Å². The van der Waals surface area contributed by atoms with Gasteiger partial charge in [0.05, 0.1) is 17.9 Å². The van der Waals surface area contributed by atoms with Crippen LogP contribution in [0.2, 0.25) is 0 Å². The summed E-state index contributed by atoms with van der Waals surface area (Å²) in [5.74, 6) is 0.911. The van der Waals surface area contributed by atoms with E-state index in [1.54, 1.807) is 11.0 Å². The Bertz CT molecular complexity index is 773. The monoisotopic (exact) mass is 395 g/mol. The summed E-state index contributed by atoms with van der Waals surface area (Å²) in [5, 5.41) is 5.30. The smallest absolute Gasteiger partial charge is 0.311 e. The van der Waals surface area contributed by atoms with Gasteiger partial charge in [0.15, 0.2) is 5.65 Å². The first-order valence-corrected chi connectivity index (χ1v) is 8.82. The number of halogens is 1. The zero-order chi connectivity index (χ0) is 17.5. The highest BCUT2D eigenvalue weighted by Gasteiger charge is 2.40. The summed E-state index contributed by atoms with van der Waals surface area (Å²) < 4.78 is 7.48. The summed E-state index contributed by atoms with van der Waals surface area (Å²) in [7, 11) is 3.31. The molecular weight excluding hydrogens is 374 g/mol. The molecule has 0 saturated carbocycles. The number of anilines is 1. The first-order valence-electron chi connectivity index (χ1n) is 8.02. The Kier molecular flexibility index (Phi) is 4.50. The van der Waals surface area contributed by atoms with E-state index in [-0.39, 0.29) is 11.9 Å². The van der Waals surface area contributed by atoms with E-state index in [1.165, 1.54) is 7.11 Å². The van der Waals surface area contributed by atoms with E-state index in [1.807, 2.05) is 20.9 Å². The fourth-order valence-electron chi connectivity index (χ4n) is 3.45. The lowest BCUT2D eigenvalue weighted by Gasteiger charge is -2.40. The van der Waals surface area contributed by atoms with Crippen molar-refractivity contribution < 1.29 is 9.53 Å². The molecule has 0 aliphatic carbocycles. The van der Waals surface area contributed by atoms with Crippen LogP contribution in [0, 0.1) is 11.3 Å². The number of nitrogens with zero attached hydrogens (tertiary/aromatic N) is 5.